The summed E-state index contributed by atoms with van der Waals surface area (Å²) in [5.41, 5.74) is 11.9. The van der Waals surface area contributed by atoms with Crippen LogP contribution in [0.1, 0.15) is 0 Å². The quantitative estimate of drug-likeness (QED) is 0.188. The van der Waals surface area contributed by atoms with E-state index in [2.05, 4.69) is 150 Å². The van der Waals surface area contributed by atoms with Gasteiger partial charge < -0.3 is 19.4 Å². The van der Waals surface area contributed by atoms with Crippen LogP contribution < -0.4 is 25.9 Å². The summed E-state index contributed by atoms with van der Waals surface area (Å²) < 4.78 is 16.0. The Morgan fingerprint density at radius 3 is 2.27 bits per heavy atom. The van der Waals surface area contributed by atoms with Crippen molar-refractivity contribution in [2.75, 3.05) is 10.2 Å². The smallest absolute Gasteiger partial charge is 0.198 e. The van der Waals surface area contributed by atoms with E-state index >= 15 is 0 Å². The number of fused-ring (bicyclic) bond motifs is 12. The van der Waals surface area contributed by atoms with Gasteiger partial charge in [-0.1, -0.05) is 90.4 Å². The molecule has 4 heterocycles. The first kappa shape index (κ1) is 28.2. The topological polar surface area (TPSA) is 37.6 Å². The van der Waals surface area contributed by atoms with Crippen LogP contribution in [-0.4, -0.2) is 7.28 Å². The molecule has 0 atom stereocenters. The van der Waals surface area contributed by atoms with Crippen LogP contribution >= 0.6 is 11.3 Å². The lowest BCUT2D eigenvalue weighted by Gasteiger charge is -2.39. The van der Waals surface area contributed by atoms with E-state index < -0.39 is 0 Å². The molecule has 1 N–H and O–H groups in total. The van der Waals surface area contributed by atoms with E-state index in [0.717, 1.165) is 74.7 Å². The van der Waals surface area contributed by atoms with E-state index in [9.17, 15) is 0 Å². The summed E-state index contributed by atoms with van der Waals surface area (Å²) in [6.07, 6.45) is 0. The summed E-state index contributed by atoms with van der Waals surface area (Å²) in [6, 6.07) is 54.3. The second-order valence-electron chi connectivity index (χ2n) is 13.8. The number of thiophene rings is 1. The molecule has 2 aromatic heterocycles. The summed E-state index contributed by atoms with van der Waals surface area (Å²) in [5, 5.41) is 11.1. The SMILES string of the molecule is B1c2cccc3c2N(c2ccccc2O3)c2c1c(-c1cc3ccccc3cc1Nc1ccc3sc4ccccc4c3c1)cc1c2oc2ccccc21. The van der Waals surface area contributed by atoms with Crippen LogP contribution in [0.4, 0.5) is 28.4 Å². The Morgan fingerprint density at radius 1 is 0.558 bits per heavy atom. The van der Waals surface area contributed by atoms with E-state index in [1.54, 1.807) is 0 Å². The number of nitrogens with zero attached hydrogens (tertiary/aromatic N) is 1. The fraction of sp³-hybridized carbons (Fsp3) is 0. The van der Waals surface area contributed by atoms with E-state index in [-0.39, 0.29) is 0 Å². The van der Waals surface area contributed by atoms with E-state index in [1.807, 2.05) is 23.5 Å². The molecule has 0 unspecified atom stereocenters. The molecule has 8 aromatic carbocycles. The van der Waals surface area contributed by atoms with Gasteiger partial charge in [-0.3, -0.25) is 0 Å². The highest BCUT2D eigenvalue weighted by molar-refractivity contribution is 7.25. The lowest BCUT2D eigenvalue weighted by atomic mass is 9.57. The van der Waals surface area contributed by atoms with Gasteiger partial charge in [0, 0.05) is 47.9 Å². The molecule has 0 saturated carbocycles. The fourth-order valence-corrected chi connectivity index (χ4v) is 9.59. The lowest BCUT2D eigenvalue weighted by Crippen LogP contribution is -2.42. The fourth-order valence-electron chi connectivity index (χ4n) is 8.50. The molecule has 0 radical (unpaired) electrons. The third-order valence-corrected chi connectivity index (χ3v) is 12.0. The van der Waals surface area contributed by atoms with Gasteiger partial charge in [0.15, 0.2) is 24.4 Å². The first-order chi connectivity index (χ1) is 25.7. The lowest BCUT2D eigenvalue weighted by molar-refractivity contribution is 0.477. The average Bonchev–Trinajstić information content (AvgIpc) is 3.75. The van der Waals surface area contributed by atoms with Crippen molar-refractivity contribution in [1.29, 1.82) is 0 Å². The van der Waals surface area contributed by atoms with Gasteiger partial charge in [-0.05, 0) is 88.5 Å². The van der Waals surface area contributed by atoms with Crippen molar-refractivity contribution in [2.45, 2.75) is 0 Å². The average molecular weight is 683 g/mol. The zero-order chi connectivity index (χ0) is 33.9. The molecule has 242 valence electrons. The number of furan rings is 1. The number of hydrogen-bond acceptors (Lipinski definition) is 5. The molecule has 10 aromatic rings. The molecule has 2 aliphatic heterocycles. The van der Waals surface area contributed by atoms with Gasteiger partial charge in [-0.2, -0.15) is 0 Å². The van der Waals surface area contributed by atoms with Crippen LogP contribution in [0.2, 0.25) is 0 Å². The van der Waals surface area contributed by atoms with E-state index in [1.165, 1.54) is 47.4 Å². The Bertz CT molecular complexity index is 3140. The van der Waals surface area contributed by atoms with Gasteiger partial charge in [0.05, 0.1) is 17.1 Å². The van der Waals surface area contributed by atoms with Crippen molar-refractivity contribution in [1.82, 2.24) is 0 Å². The van der Waals surface area contributed by atoms with Crippen molar-refractivity contribution in [3.8, 4) is 22.6 Å². The number of nitrogens with one attached hydrogen (secondary N) is 1. The van der Waals surface area contributed by atoms with E-state index in [0.29, 0.717) is 0 Å². The molecule has 4 nitrogen and oxygen atoms in total. The number of hydrogen-bond donors (Lipinski definition) is 1. The molecule has 6 heteroatoms. The van der Waals surface area contributed by atoms with Crippen LogP contribution in [0.3, 0.4) is 0 Å². The van der Waals surface area contributed by atoms with Crippen molar-refractivity contribution in [3.63, 3.8) is 0 Å². The summed E-state index contributed by atoms with van der Waals surface area (Å²) in [5.74, 6) is 1.69. The summed E-state index contributed by atoms with van der Waals surface area (Å²) >= 11 is 1.84. The minimum Gasteiger partial charge on any atom is -0.454 e. The van der Waals surface area contributed by atoms with Gasteiger partial charge in [0.2, 0.25) is 0 Å². The van der Waals surface area contributed by atoms with Crippen LogP contribution in [0.15, 0.2) is 156 Å². The second-order valence-corrected chi connectivity index (χ2v) is 14.8. The van der Waals surface area contributed by atoms with Gasteiger partial charge in [-0.25, -0.2) is 0 Å². The van der Waals surface area contributed by atoms with Crippen molar-refractivity contribution >= 4 is 111 Å². The normalized spacial score (nSPS) is 12.9. The standard InChI is InChI=1S/C46H27BN2O2S/c1-2-11-27-23-36(48-28-20-21-42-32(24-28)30-13-4-8-19-41(30)52-42)31(22-26(27)10-1)33-25-34-29-12-3-6-16-38(29)51-46(34)45-43(33)47-35-14-9-18-40-44(35)49(45)37-15-5-7-17-39(37)50-40/h1-25,47-48H. The maximum absolute atomic E-state index is 6.84. The molecule has 0 fully saturated rings. The monoisotopic (exact) mass is 682 g/mol. The van der Waals surface area contributed by atoms with Crippen LogP contribution in [-0.2, 0) is 0 Å². The molecule has 0 spiro atoms. The zero-order valence-electron chi connectivity index (χ0n) is 27.8. The number of anilines is 5. The predicted octanol–water partition coefficient (Wildman–Crippen LogP) is 11.8. The van der Waals surface area contributed by atoms with Crippen molar-refractivity contribution < 1.29 is 9.15 Å². The first-order valence-electron chi connectivity index (χ1n) is 17.6. The highest BCUT2D eigenvalue weighted by Gasteiger charge is 2.37. The number of rotatable bonds is 3. The van der Waals surface area contributed by atoms with Crippen molar-refractivity contribution in [3.05, 3.63) is 152 Å². The highest BCUT2D eigenvalue weighted by Crippen LogP contribution is 2.53. The Hall–Kier alpha value is -6.50. The Labute approximate surface area is 303 Å². The maximum atomic E-state index is 6.84. The largest absolute Gasteiger partial charge is 0.454 e. The Kier molecular flexibility index (Phi) is 5.71. The highest BCUT2D eigenvalue weighted by atomic mass is 32.1. The number of ether oxygens (including phenoxy) is 1. The predicted molar refractivity (Wildman–Crippen MR) is 220 cm³/mol. The summed E-state index contributed by atoms with van der Waals surface area (Å²) in [7, 11) is 0.738. The Morgan fingerprint density at radius 2 is 1.33 bits per heavy atom. The number of benzene rings is 8. The molecule has 0 bridgehead atoms. The van der Waals surface area contributed by atoms with Crippen LogP contribution in [0, 0.1) is 0 Å². The van der Waals surface area contributed by atoms with Gasteiger partial charge in [-0.15, -0.1) is 11.3 Å². The molecule has 0 aliphatic carbocycles. The molecule has 52 heavy (non-hydrogen) atoms. The molecular formula is C46H27BN2O2S. The molecule has 0 saturated heterocycles. The summed E-state index contributed by atoms with van der Waals surface area (Å²) in [6.45, 7) is 0. The zero-order valence-corrected chi connectivity index (χ0v) is 28.6. The van der Waals surface area contributed by atoms with Gasteiger partial charge in [0.25, 0.3) is 0 Å². The van der Waals surface area contributed by atoms with Crippen LogP contribution in [0.25, 0.3) is 64.0 Å². The van der Waals surface area contributed by atoms with Gasteiger partial charge in [0.1, 0.15) is 5.58 Å². The molecule has 2 aliphatic rings. The molecule has 12 rings (SSSR count). The summed E-state index contributed by atoms with van der Waals surface area (Å²) in [4.78, 5) is 2.39. The van der Waals surface area contributed by atoms with Crippen molar-refractivity contribution in [2.24, 2.45) is 0 Å². The molecule has 0 amide bonds. The molecular weight excluding hydrogens is 655 g/mol. The minimum atomic E-state index is 0.738. The van der Waals surface area contributed by atoms with E-state index in [4.69, 9.17) is 9.15 Å². The Balaban J connectivity index is 1.16. The third-order valence-electron chi connectivity index (χ3n) is 10.8. The first-order valence-corrected chi connectivity index (χ1v) is 18.4. The van der Waals surface area contributed by atoms with Gasteiger partial charge >= 0.3 is 0 Å². The number of para-hydroxylation sites is 4. The third kappa shape index (κ3) is 3.98. The minimum absolute atomic E-state index is 0.738. The van der Waals surface area contributed by atoms with Crippen LogP contribution in [0.5, 0.6) is 11.5 Å². The maximum Gasteiger partial charge on any atom is 0.198 e. The second kappa shape index (κ2) is 10.5.